The first-order valence-electron chi connectivity index (χ1n) is 10.5. The second-order valence-corrected chi connectivity index (χ2v) is 9.76. The van der Waals surface area contributed by atoms with Gasteiger partial charge in [-0.25, -0.2) is 0 Å². The molecule has 0 amide bonds. The van der Waals surface area contributed by atoms with Gasteiger partial charge in [0, 0.05) is 38.6 Å². The summed E-state index contributed by atoms with van der Waals surface area (Å²) in [6.45, 7) is 2.10. The molecular formula is C26H19N5S2. The lowest BCUT2D eigenvalue weighted by atomic mass is 10.1. The quantitative estimate of drug-likeness (QED) is 0.277. The second-order valence-electron chi connectivity index (χ2n) is 7.73. The van der Waals surface area contributed by atoms with Crippen LogP contribution in [0.2, 0.25) is 0 Å². The van der Waals surface area contributed by atoms with E-state index >= 15 is 0 Å². The van der Waals surface area contributed by atoms with Crippen LogP contribution in [-0.4, -0.2) is 20.2 Å². The number of aromatic nitrogens is 4. The van der Waals surface area contributed by atoms with Gasteiger partial charge in [-0.2, -0.15) is 0 Å². The fraction of sp³-hybridized carbons (Fsp3) is 0.0385. The molecule has 160 valence electrons. The molecule has 6 aromatic rings. The van der Waals surface area contributed by atoms with Crippen molar-refractivity contribution >= 4 is 56.4 Å². The van der Waals surface area contributed by atoms with Crippen LogP contribution >= 0.6 is 23.1 Å². The van der Waals surface area contributed by atoms with Crippen LogP contribution in [0.3, 0.4) is 0 Å². The Bertz CT molecular complexity index is 1580. The van der Waals surface area contributed by atoms with E-state index in [4.69, 9.17) is 0 Å². The van der Waals surface area contributed by atoms with Gasteiger partial charge in [-0.15, -0.1) is 21.5 Å². The topological polar surface area (TPSA) is 66.5 Å². The Balaban J connectivity index is 1.28. The average Bonchev–Trinajstić information content (AvgIpc) is 3.50. The standard InChI is InChI=1S/C26H19N5S2/c1-16-14-23(32-15-16)24-19-4-2-3-5-20(19)26(31-30-24)29-17-6-8-18(9-7-17)33-22-11-13-27-21-10-12-28-25(21)22/h2-15,28H,1H3,(H,29,31). The molecule has 6 rings (SSSR count). The van der Waals surface area contributed by atoms with E-state index in [-0.39, 0.29) is 0 Å². The van der Waals surface area contributed by atoms with Gasteiger partial charge in [0.1, 0.15) is 5.69 Å². The van der Waals surface area contributed by atoms with Gasteiger partial charge in [-0.3, -0.25) is 4.98 Å². The van der Waals surface area contributed by atoms with Crippen molar-refractivity contribution < 1.29 is 0 Å². The number of nitrogens with one attached hydrogen (secondary N) is 2. The van der Waals surface area contributed by atoms with Crippen molar-refractivity contribution in [2.24, 2.45) is 0 Å². The molecule has 0 aliphatic heterocycles. The molecule has 0 spiro atoms. The van der Waals surface area contributed by atoms with Crippen LogP contribution in [0.25, 0.3) is 32.4 Å². The van der Waals surface area contributed by atoms with Crippen LogP contribution in [0.15, 0.2) is 94.3 Å². The fourth-order valence-corrected chi connectivity index (χ4v) is 5.64. The van der Waals surface area contributed by atoms with Gasteiger partial charge in [0.15, 0.2) is 5.82 Å². The minimum absolute atomic E-state index is 0.755. The zero-order chi connectivity index (χ0) is 22.2. The first-order chi connectivity index (χ1) is 16.2. The molecule has 4 aromatic heterocycles. The molecule has 0 unspecified atom stereocenters. The largest absolute Gasteiger partial charge is 0.359 e. The molecule has 4 heterocycles. The van der Waals surface area contributed by atoms with Gasteiger partial charge in [0.2, 0.25) is 0 Å². The van der Waals surface area contributed by atoms with E-state index in [0.717, 1.165) is 53.7 Å². The molecule has 0 fully saturated rings. The lowest BCUT2D eigenvalue weighted by Gasteiger charge is -2.11. The number of rotatable bonds is 5. The highest BCUT2D eigenvalue weighted by atomic mass is 32.2. The van der Waals surface area contributed by atoms with Crippen LogP contribution in [0.1, 0.15) is 5.56 Å². The number of aryl methyl sites for hydroxylation is 1. The fourth-order valence-electron chi connectivity index (χ4n) is 3.82. The van der Waals surface area contributed by atoms with Crippen molar-refractivity contribution in [1.82, 2.24) is 20.2 Å². The maximum Gasteiger partial charge on any atom is 0.161 e. The summed E-state index contributed by atoms with van der Waals surface area (Å²) in [6.07, 6.45) is 3.77. The lowest BCUT2D eigenvalue weighted by Crippen LogP contribution is -1.98. The van der Waals surface area contributed by atoms with Crippen molar-refractivity contribution in [1.29, 1.82) is 0 Å². The Labute approximate surface area is 198 Å². The van der Waals surface area contributed by atoms with Crippen LogP contribution < -0.4 is 5.32 Å². The van der Waals surface area contributed by atoms with Gasteiger partial charge in [0.25, 0.3) is 0 Å². The normalized spacial score (nSPS) is 11.3. The number of benzene rings is 2. The highest BCUT2D eigenvalue weighted by Crippen LogP contribution is 2.35. The van der Waals surface area contributed by atoms with E-state index in [2.05, 4.69) is 80.3 Å². The number of hydrogen-bond acceptors (Lipinski definition) is 6. The van der Waals surface area contributed by atoms with E-state index in [1.165, 1.54) is 5.56 Å². The van der Waals surface area contributed by atoms with Gasteiger partial charge < -0.3 is 10.3 Å². The molecule has 0 aliphatic rings. The maximum atomic E-state index is 4.57. The molecule has 2 N–H and O–H groups in total. The highest BCUT2D eigenvalue weighted by Gasteiger charge is 2.12. The molecule has 0 saturated carbocycles. The highest BCUT2D eigenvalue weighted by molar-refractivity contribution is 7.99. The van der Waals surface area contributed by atoms with Crippen molar-refractivity contribution in [2.45, 2.75) is 16.7 Å². The first-order valence-corrected chi connectivity index (χ1v) is 12.2. The van der Waals surface area contributed by atoms with Gasteiger partial charge in [-0.05, 0) is 60.3 Å². The molecule has 0 atom stereocenters. The third-order valence-corrected chi connectivity index (χ3v) is 7.53. The number of nitrogens with zero attached hydrogens (tertiary/aromatic N) is 3. The van der Waals surface area contributed by atoms with Gasteiger partial charge >= 0.3 is 0 Å². The second kappa shape index (κ2) is 8.35. The van der Waals surface area contributed by atoms with Gasteiger partial charge in [-0.1, -0.05) is 36.0 Å². The van der Waals surface area contributed by atoms with E-state index in [9.17, 15) is 0 Å². The number of anilines is 2. The Kier molecular flexibility index (Phi) is 5.05. The van der Waals surface area contributed by atoms with Gasteiger partial charge in [0.05, 0.1) is 15.9 Å². The molecule has 0 bridgehead atoms. The van der Waals surface area contributed by atoms with Crippen LogP contribution in [0, 0.1) is 6.92 Å². The summed E-state index contributed by atoms with van der Waals surface area (Å²) in [5.41, 5.74) is 5.18. The van der Waals surface area contributed by atoms with E-state index < -0.39 is 0 Å². The summed E-state index contributed by atoms with van der Waals surface area (Å²) in [5, 5.41) is 16.8. The Morgan fingerprint density at radius 2 is 1.79 bits per heavy atom. The zero-order valence-corrected chi connectivity index (χ0v) is 19.4. The Hall–Kier alpha value is -3.68. The van der Waals surface area contributed by atoms with E-state index in [1.54, 1.807) is 23.1 Å². The molecule has 0 radical (unpaired) electrons. The summed E-state index contributed by atoms with van der Waals surface area (Å²) < 4.78 is 0. The van der Waals surface area contributed by atoms with Crippen molar-refractivity contribution in [3.63, 3.8) is 0 Å². The minimum Gasteiger partial charge on any atom is -0.359 e. The summed E-state index contributed by atoms with van der Waals surface area (Å²) in [7, 11) is 0. The predicted molar refractivity (Wildman–Crippen MR) is 138 cm³/mol. The molecule has 0 saturated heterocycles. The Morgan fingerprint density at radius 1 is 0.939 bits per heavy atom. The predicted octanol–water partition coefficient (Wildman–Crippen LogP) is 7.44. The first kappa shape index (κ1) is 20.0. The zero-order valence-electron chi connectivity index (χ0n) is 17.7. The SMILES string of the molecule is Cc1csc(-c2nnc(Nc3ccc(Sc4ccnc5cc[nH]c45)cc3)c3ccccc23)c1. The Morgan fingerprint density at radius 3 is 2.61 bits per heavy atom. The summed E-state index contributed by atoms with van der Waals surface area (Å²) in [5.74, 6) is 0.755. The summed E-state index contributed by atoms with van der Waals surface area (Å²) in [4.78, 5) is 11.1. The van der Waals surface area contributed by atoms with E-state index in [1.807, 2.05) is 36.7 Å². The average molecular weight is 466 g/mol. The number of aromatic amines is 1. The molecule has 0 aliphatic carbocycles. The van der Waals surface area contributed by atoms with Crippen LogP contribution in [0.5, 0.6) is 0 Å². The number of pyridine rings is 1. The smallest absolute Gasteiger partial charge is 0.161 e. The number of fused-ring (bicyclic) bond motifs is 2. The lowest BCUT2D eigenvalue weighted by molar-refractivity contribution is 1.06. The van der Waals surface area contributed by atoms with E-state index in [0.29, 0.717) is 0 Å². The molecular weight excluding hydrogens is 446 g/mol. The number of hydrogen-bond donors (Lipinski definition) is 2. The molecule has 33 heavy (non-hydrogen) atoms. The maximum absolute atomic E-state index is 4.57. The third kappa shape index (κ3) is 3.86. The summed E-state index contributed by atoms with van der Waals surface area (Å²) >= 11 is 3.41. The molecule has 2 aromatic carbocycles. The monoisotopic (exact) mass is 465 g/mol. The van der Waals surface area contributed by atoms with Crippen molar-refractivity contribution in [3.05, 3.63) is 90.1 Å². The molecule has 7 heteroatoms. The summed E-state index contributed by atoms with van der Waals surface area (Å²) in [6, 6.07) is 22.8. The number of H-pyrrole nitrogens is 1. The van der Waals surface area contributed by atoms with Crippen molar-refractivity contribution in [2.75, 3.05) is 5.32 Å². The minimum atomic E-state index is 0.755. The van der Waals surface area contributed by atoms with Crippen molar-refractivity contribution in [3.8, 4) is 10.6 Å². The van der Waals surface area contributed by atoms with Crippen LogP contribution in [0.4, 0.5) is 11.5 Å². The number of thiophene rings is 1. The third-order valence-electron chi connectivity index (χ3n) is 5.41. The molecule has 5 nitrogen and oxygen atoms in total. The van der Waals surface area contributed by atoms with Crippen LogP contribution in [-0.2, 0) is 0 Å².